The van der Waals surface area contributed by atoms with E-state index in [4.69, 9.17) is 4.74 Å². The van der Waals surface area contributed by atoms with Crippen molar-refractivity contribution >= 4 is 17.5 Å². The van der Waals surface area contributed by atoms with Gasteiger partial charge in [-0.3, -0.25) is 14.5 Å². The third-order valence-electron chi connectivity index (χ3n) is 7.70. The molecule has 1 heterocycles. The van der Waals surface area contributed by atoms with Crippen molar-refractivity contribution in [1.82, 2.24) is 9.80 Å². The summed E-state index contributed by atoms with van der Waals surface area (Å²) in [6.07, 6.45) is 5.03. The summed E-state index contributed by atoms with van der Waals surface area (Å²) in [7, 11) is 2.08. The zero-order valence-electron chi connectivity index (χ0n) is 22.4. The number of hydrogen-bond donors (Lipinski definition) is 2. The number of rotatable bonds is 8. The van der Waals surface area contributed by atoms with Crippen molar-refractivity contribution in [3.8, 4) is 5.75 Å². The second-order valence-corrected chi connectivity index (χ2v) is 10.8. The first-order chi connectivity index (χ1) is 17.9. The minimum absolute atomic E-state index is 0.0217. The molecule has 1 saturated carbocycles. The Balaban J connectivity index is 1.57. The number of anilines is 1. The maximum atomic E-state index is 13.7. The topological polar surface area (TPSA) is 82.1 Å². The van der Waals surface area contributed by atoms with Crippen molar-refractivity contribution in [3.05, 3.63) is 59.7 Å². The largest absolute Gasteiger partial charge is 0.488 e. The van der Waals surface area contributed by atoms with Gasteiger partial charge in [0.25, 0.3) is 5.91 Å². The molecule has 37 heavy (non-hydrogen) atoms. The van der Waals surface area contributed by atoms with E-state index in [-0.39, 0.29) is 42.4 Å². The van der Waals surface area contributed by atoms with E-state index in [2.05, 4.69) is 36.3 Å². The number of likely N-dealkylation sites (N-methyl/N-ethyl adjacent to an activating group) is 1. The predicted molar refractivity (Wildman–Crippen MR) is 146 cm³/mol. The third kappa shape index (κ3) is 6.90. The van der Waals surface area contributed by atoms with Gasteiger partial charge in [-0.05, 0) is 50.6 Å². The van der Waals surface area contributed by atoms with Gasteiger partial charge < -0.3 is 20.1 Å². The fourth-order valence-electron chi connectivity index (χ4n) is 5.39. The molecule has 1 aliphatic carbocycles. The Kier molecular flexibility index (Phi) is 9.22. The van der Waals surface area contributed by atoms with Crippen molar-refractivity contribution in [3.63, 3.8) is 0 Å². The van der Waals surface area contributed by atoms with Crippen molar-refractivity contribution in [1.29, 1.82) is 0 Å². The maximum absolute atomic E-state index is 13.7. The Bertz CT molecular complexity index is 1050. The number of carbonyl (C=O) groups excluding carboxylic acids is 2. The highest BCUT2D eigenvalue weighted by Crippen LogP contribution is 2.32. The van der Waals surface area contributed by atoms with E-state index in [1.165, 1.54) is 12.0 Å². The SMILES string of the molecule is C[C@H](CO)N1C[C@H](C)[C@@H](CN(C)Cc2ccccc2)Oc2ccc(NC(=O)C3CCCCC3)cc2C1=O. The molecule has 0 unspecified atom stereocenters. The summed E-state index contributed by atoms with van der Waals surface area (Å²) in [6, 6.07) is 15.3. The van der Waals surface area contributed by atoms with E-state index in [0.29, 0.717) is 30.1 Å². The van der Waals surface area contributed by atoms with Crippen LogP contribution in [-0.2, 0) is 11.3 Å². The minimum Gasteiger partial charge on any atom is -0.488 e. The van der Waals surface area contributed by atoms with Crippen LogP contribution in [0.5, 0.6) is 5.75 Å². The lowest BCUT2D eigenvalue weighted by Crippen LogP contribution is -2.49. The number of aliphatic hydroxyl groups excluding tert-OH is 1. The molecule has 0 radical (unpaired) electrons. The molecule has 7 nitrogen and oxygen atoms in total. The van der Waals surface area contributed by atoms with Gasteiger partial charge in [0.2, 0.25) is 5.91 Å². The molecule has 0 spiro atoms. The summed E-state index contributed by atoms with van der Waals surface area (Å²) in [5.74, 6) is 0.427. The molecule has 200 valence electrons. The molecule has 7 heteroatoms. The Labute approximate surface area is 220 Å². The lowest BCUT2D eigenvalue weighted by molar-refractivity contribution is -0.120. The van der Waals surface area contributed by atoms with Crippen molar-refractivity contribution < 1.29 is 19.4 Å². The van der Waals surface area contributed by atoms with Gasteiger partial charge in [-0.1, -0.05) is 56.5 Å². The van der Waals surface area contributed by atoms with E-state index >= 15 is 0 Å². The van der Waals surface area contributed by atoms with Crippen molar-refractivity contribution in [2.24, 2.45) is 11.8 Å². The summed E-state index contributed by atoms with van der Waals surface area (Å²) in [4.78, 5) is 30.5. The average Bonchev–Trinajstić information content (AvgIpc) is 2.91. The van der Waals surface area contributed by atoms with Crippen LogP contribution in [0.15, 0.2) is 48.5 Å². The van der Waals surface area contributed by atoms with Gasteiger partial charge in [-0.25, -0.2) is 0 Å². The molecular formula is C30H41N3O4. The highest BCUT2D eigenvalue weighted by Gasteiger charge is 2.33. The molecular weight excluding hydrogens is 466 g/mol. The highest BCUT2D eigenvalue weighted by molar-refractivity contribution is 6.00. The summed E-state index contributed by atoms with van der Waals surface area (Å²) in [5, 5.41) is 12.9. The quantitative estimate of drug-likeness (QED) is 0.548. The molecule has 3 atom stereocenters. The monoisotopic (exact) mass is 507 g/mol. The number of hydrogen-bond acceptors (Lipinski definition) is 5. The lowest BCUT2D eigenvalue weighted by Gasteiger charge is -2.38. The second-order valence-electron chi connectivity index (χ2n) is 10.8. The van der Waals surface area contributed by atoms with Crippen LogP contribution in [0.2, 0.25) is 0 Å². The van der Waals surface area contributed by atoms with E-state index in [0.717, 1.165) is 32.2 Å². The van der Waals surface area contributed by atoms with E-state index in [1.807, 2.05) is 31.2 Å². The van der Waals surface area contributed by atoms with Crippen LogP contribution < -0.4 is 10.1 Å². The van der Waals surface area contributed by atoms with Crippen LogP contribution >= 0.6 is 0 Å². The average molecular weight is 508 g/mol. The number of amides is 2. The lowest BCUT2D eigenvalue weighted by atomic mass is 9.88. The molecule has 1 fully saturated rings. The van der Waals surface area contributed by atoms with Gasteiger partial charge >= 0.3 is 0 Å². The van der Waals surface area contributed by atoms with Gasteiger partial charge in [0, 0.05) is 37.2 Å². The Hall–Kier alpha value is -2.90. The van der Waals surface area contributed by atoms with Crippen LogP contribution in [0.4, 0.5) is 5.69 Å². The first-order valence-electron chi connectivity index (χ1n) is 13.6. The minimum atomic E-state index is -0.330. The molecule has 4 rings (SSSR count). The zero-order chi connectivity index (χ0) is 26.4. The smallest absolute Gasteiger partial charge is 0.258 e. The van der Waals surface area contributed by atoms with Gasteiger partial charge in [0.1, 0.15) is 11.9 Å². The molecule has 2 aromatic carbocycles. The Morgan fingerprint density at radius 2 is 1.89 bits per heavy atom. The summed E-state index contributed by atoms with van der Waals surface area (Å²) in [6.45, 7) is 5.79. The Morgan fingerprint density at radius 3 is 2.59 bits per heavy atom. The maximum Gasteiger partial charge on any atom is 0.258 e. The summed E-state index contributed by atoms with van der Waals surface area (Å²) >= 11 is 0. The fraction of sp³-hybridized carbons (Fsp3) is 0.533. The van der Waals surface area contributed by atoms with E-state index in [9.17, 15) is 14.7 Å². The number of ether oxygens (including phenoxy) is 1. The molecule has 2 amide bonds. The number of nitrogens with zero attached hydrogens (tertiary/aromatic N) is 2. The fourth-order valence-corrected chi connectivity index (χ4v) is 5.39. The van der Waals surface area contributed by atoms with Crippen LogP contribution in [0.1, 0.15) is 61.9 Å². The first-order valence-corrected chi connectivity index (χ1v) is 13.6. The molecule has 2 N–H and O–H groups in total. The molecule has 0 saturated heterocycles. The first kappa shape index (κ1) is 27.1. The zero-order valence-corrected chi connectivity index (χ0v) is 22.4. The van der Waals surface area contributed by atoms with Crippen LogP contribution in [0, 0.1) is 11.8 Å². The van der Waals surface area contributed by atoms with E-state index in [1.54, 1.807) is 17.0 Å². The molecule has 2 aromatic rings. The summed E-state index contributed by atoms with van der Waals surface area (Å²) in [5.41, 5.74) is 2.26. The van der Waals surface area contributed by atoms with Gasteiger partial charge in [0.05, 0.1) is 18.2 Å². The number of carbonyl (C=O) groups is 2. The van der Waals surface area contributed by atoms with E-state index < -0.39 is 0 Å². The second kappa shape index (κ2) is 12.6. The third-order valence-corrected chi connectivity index (χ3v) is 7.70. The van der Waals surface area contributed by atoms with Crippen LogP contribution in [-0.4, -0.2) is 65.6 Å². The normalized spacial score (nSPS) is 21.5. The highest BCUT2D eigenvalue weighted by atomic mass is 16.5. The van der Waals surface area contributed by atoms with Crippen LogP contribution in [0.25, 0.3) is 0 Å². The standard InChI is InChI=1S/C30H41N3O4/c1-21-17-33(22(2)20-34)30(36)26-16-25(31-29(35)24-12-8-5-9-13-24)14-15-27(26)37-28(21)19-32(3)18-23-10-6-4-7-11-23/h4,6-7,10-11,14-16,21-22,24,28,34H,5,8-9,12-13,17-20H2,1-3H3,(H,31,35)/t21-,22+,28+/m0/s1. The predicted octanol–water partition coefficient (Wildman–Crippen LogP) is 4.56. The van der Waals surface area contributed by atoms with Crippen LogP contribution in [0.3, 0.4) is 0 Å². The molecule has 2 aliphatic rings. The van der Waals surface area contributed by atoms with Crippen molar-refractivity contribution in [2.75, 3.05) is 32.1 Å². The number of fused-ring (bicyclic) bond motifs is 1. The van der Waals surface area contributed by atoms with Gasteiger partial charge in [0.15, 0.2) is 0 Å². The Morgan fingerprint density at radius 1 is 1.16 bits per heavy atom. The summed E-state index contributed by atoms with van der Waals surface area (Å²) < 4.78 is 6.50. The van der Waals surface area contributed by atoms with Gasteiger partial charge in [-0.2, -0.15) is 0 Å². The number of nitrogens with one attached hydrogen (secondary N) is 1. The van der Waals surface area contributed by atoms with Gasteiger partial charge in [-0.15, -0.1) is 0 Å². The molecule has 1 aliphatic heterocycles. The number of benzene rings is 2. The van der Waals surface area contributed by atoms with Crippen molar-refractivity contribution in [2.45, 2.75) is 64.6 Å². The molecule has 0 bridgehead atoms. The number of aliphatic hydroxyl groups is 1. The molecule has 0 aromatic heterocycles.